The predicted molar refractivity (Wildman–Crippen MR) is 41.6 cm³/mol. The van der Waals surface area contributed by atoms with Crippen LogP contribution in [0.15, 0.2) is 11.9 Å². The first-order chi connectivity index (χ1) is 4.72. The zero-order chi connectivity index (χ0) is 7.98. The van der Waals surface area contributed by atoms with Gasteiger partial charge in [-0.05, 0) is 0 Å². The lowest BCUT2D eigenvalue weighted by molar-refractivity contribution is 0.452. The van der Waals surface area contributed by atoms with Crippen molar-refractivity contribution >= 4 is 11.6 Å². The number of allylic oxidation sites excluding steroid dienone is 1. The molecule has 0 rings (SSSR count). The van der Waals surface area contributed by atoms with Crippen LogP contribution in [0, 0.1) is 0 Å². The van der Waals surface area contributed by atoms with Crippen LogP contribution in [0.4, 0.5) is 4.39 Å². The lowest BCUT2D eigenvalue weighted by Gasteiger charge is -2.13. The topological polar surface area (TPSA) is 15.3 Å². The number of halogens is 2. The maximum absolute atomic E-state index is 11.5. The molecule has 0 aromatic carbocycles. The molecule has 10 heavy (non-hydrogen) atoms. The average molecular weight is 167 g/mol. The first kappa shape index (κ1) is 9.56. The summed E-state index contributed by atoms with van der Waals surface area (Å²) in [5.74, 6) is 0.389. The molecule has 0 bridgehead atoms. The average Bonchev–Trinajstić information content (AvgIpc) is 1.89. The van der Waals surface area contributed by atoms with Crippen molar-refractivity contribution in [2.24, 2.45) is 0 Å². The van der Waals surface area contributed by atoms with Gasteiger partial charge in [0.2, 0.25) is 0 Å². The van der Waals surface area contributed by atoms with E-state index in [1.165, 1.54) is 0 Å². The molecule has 0 aliphatic heterocycles. The summed E-state index contributed by atoms with van der Waals surface area (Å²) in [6, 6.07) is 0. The molecule has 0 radical (unpaired) electrons. The normalized spacial score (nSPS) is 11.4. The van der Waals surface area contributed by atoms with E-state index < -0.39 is 6.80 Å². The van der Waals surface area contributed by atoms with E-state index in [1.54, 1.807) is 6.20 Å². The van der Waals surface area contributed by atoms with E-state index in [0.717, 1.165) is 5.70 Å². The molecule has 0 aliphatic carbocycles. The Morgan fingerprint density at radius 1 is 1.70 bits per heavy atom. The smallest absolute Gasteiger partial charge is 0.159 e. The second-order valence-electron chi connectivity index (χ2n) is 2.00. The van der Waals surface area contributed by atoms with E-state index in [-0.39, 0.29) is 0 Å². The molecule has 0 spiro atoms. The van der Waals surface area contributed by atoms with E-state index in [0.29, 0.717) is 5.88 Å². The van der Waals surface area contributed by atoms with Gasteiger partial charge in [0.15, 0.2) is 6.80 Å². The molecule has 0 aromatic rings. The Kier molecular flexibility index (Phi) is 5.12. The molecule has 0 saturated heterocycles. The molecule has 0 fully saturated rings. The number of nitrogens with zero attached hydrogens (tertiary/aromatic N) is 1. The molecule has 0 saturated carbocycles. The molecule has 0 atom stereocenters. The quantitative estimate of drug-likeness (QED) is 0.498. The van der Waals surface area contributed by atoms with E-state index >= 15 is 0 Å². The van der Waals surface area contributed by atoms with Crippen molar-refractivity contribution < 1.29 is 4.39 Å². The highest BCUT2D eigenvalue weighted by Gasteiger charge is 1.94. The fourth-order valence-electron chi connectivity index (χ4n) is 0.444. The summed E-state index contributed by atoms with van der Waals surface area (Å²) in [6.07, 6.45) is 1.56. The molecule has 0 aromatic heterocycles. The third-order valence-corrected chi connectivity index (χ3v) is 1.33. The second kappa shape index (κ2) is 5.35. The van der Waals surface area contributed by atoms with Crippen LogP contribution in [0.5, 0.6) is 0 Å². The first-order valence-corrected chi connectivity index (χ1v) is 3.47. The van der Waals surface area contributed by atoms with Crippen LogP contribution in [0.3, 0.4) is 0 Å². The molecular formula is C6H12ClFN2. The van der Waals surface area contributed by atoms with Crippen molar-refractivity contribution in [1.29, 1.82) is 0 Å². The highest BCUT2D eigenvalue weighted by molar-refractivity contribution is 6.19. The van der Waals surface area contributed by atoms with Crippen LogP contribution < -0.4 is 5.32 Å². The van der Waals surface area contributed by atoms with Crippen molar-refractivity contribution in [3.05, 3.63) is 11.9 Å². The summed E-state index contributed by atoms with van der Waals surface area (Å²) in [5.41, 5.74) is 0.860. The molecular weight excluding hydrogens is 155 g/mol. The standard InChI is InChI=1S/C6H12ClFN2/c1-10(2)6(3-7)4-9-5-8/h4,9H,3,5H2,1-2H3/b6-4-. The Morgan fingerprint density at radius 3 is 2.60 bits per heavy atom. The third-order valence-electron chi connectivity index (χ3n) is 1.06. The Balaban J connectivity index is 3.79. The van der Waals surface area contributed by atoms with Crippen LogP contribution in [0.2, 0.25) is 0 Å². The van der Waals surface area contributed by atoms with Gasteiger partial charge < -0.3 is 10.2 Å². The zero-order valence-electron chi connectivity index (χ0n) is 6.19. The fourth-order valence-corrected chi connectivity index (χ4v) is 0.760. The second-order valence-corrected chi connectivity index (χ2v) is 2.27. The van der Waals surface area contributed by atoms with Crippen molar-refractivity contribution in [2.45, 2.75) is 0 Å². The Labute approximate surface area is 65.7 Å². The van der Waals surface area contributed by atoms with Crippen LogP contribution in [0.1, 0.15) is 0 Å². The Bertz CT molecular complexity index is 114. The summed E-state index contributed by atoms with van der Waals surface area (Å²) < 4.78 is 11.5. The van der Waals surface area contributed by atoms with Gasteiger partial charge in [0.1, 0.15) is 0 Å². The highest BCUT2D eigenvalue weighted by Crippen LogP contribution is 1.98. The zero-order valence-corrected chi connectivity index (χ0v) is 6.95. The maximum atomic E-state index is 11.5. The monoisotopic (exact) mass is 166 g/mol. The summed E-state index contributed by atoms with van der Waals surface area (Å²) in [7, 11) is 3.71. The van der Waals surface area contributed by atoms with Gasteiger partial charge in [-0.25, -0.2) is 4.39 Å². The van der Waals surface area contributed by atoms with Gasteiger partial charge in [0, 0.05) is 26.0 Å². The van der Waals surface area contributed by atoms with E-state index in [9.17, 15) is 4.39 Å². The molecule has 0 heterocycles. The van der Waals surface area contributed by atoms with Gasteiger partial charge in [0.25, 0.3) is 0 Å². The number of nitrogens with one attached hydrogen (secondary N) is 1. The molecule has 0 aliphatic rings. The summed E-state index contributed by atoms with van der Waals surface area (Å²) >= 11 is 5.53. The Morgan fingerprint density at radius 2 is 2.30 bits per heavy atom. The number of hydrogen-bond donors (Lipinski definition) is 1. The van der Waals surface area contributed by atoms with Crippen molar-refractivity contribution in [2.75, 3.05) is 26.8 Å². The van der Waals surface area contributed by atoms with E-state index in [2.05, 4.69) is 5.32 Å². The molecule has 60 valence electrons. The number of alkyl halides is 2. The first-order valence-electron chi connectivity index (χ1n) is 2.94. The van der Waals surface area contributed by atoms with Gasteiger partial charge in [-0.1, -0.05) is 0 Å². The Hall–Kier alpha value is -0.440. The molecule has 0 amide bonds. The van der Waals surface area contributed by atoms with Gasteiger partial charge >= 0.3 is 0 Å². The van der Waals surface area contributed by atoms with Gasteiger partial charge in [-0.2, -0.15) is 0 Å². The number of hydrogen-bond acceptors (Lipinski definition) is 2. The maximum Gasteiger partial charge on any atom is 0.159 e. The molecule has 2 nitrogen and oxygen atoms in total. The number of rotatable bonds is 4. The van der Waals surface area contributed by atoms with E-state index in [1.807, 2.05) is 19.0 Å². The minimum atomic E-state index is -0.561. The van der Waals surface area contributed by atoms with Gasteiger partial charge in [0.05, 0.1) is 5.88 Å². The van der Waals surface area contributed by atoms with Gasteiger partial charge in [-0.15, -0.1) is 11.6 Å². The van der Waals surface area contributed by atoms with E-state index in [4.69, 9.17) is 11.6 Å². The van der Waals surface area contributed by atoms with Gasteiger partial charge in [-0.3, -0.25) is 0 Å². The minimum Gasteiger partial charge on any atom is -0.379 e. The van der Waals surface area contributed by atoms with Crippen LogP contribution in [-0.4, -0.2) is 31.7 Å². The SMILES string of the molecule is CN(C)/C(=C\NCF)CCl. The van der Waals surface area contributed by atoms with Crippen molar-refractivity contribution in [1.82, 2.24) is 10.2 Å². The van der Waals surface area contributed by atoms with Crippen LogP contribution in [-0.2, 0) is 0 Å². The lowest BCUT2D eigenvalue weighted by Crippen LogP contribution is -2.16. The lowest BCUT2D eigenvalue weighted by atomic mass is 10.5. The summed E-state index contributed by atoms with van der Waals surface area (Å²) in [4.78, 5) is 1.83. The minimum absolute atomic E-state index is 0.389. The molecule has 1 N–H and O–H groups in total. The summed E-state index contributed by atoms with van der Waals surface area (Å²) in [6.45, 7) is -0.561. The predicted octanol–water partition coefficient (Wildman–Crippen LogP) is 1.14. The third kappa shape index (κ3) is 3.56. The van der Waals surface area contributed by atoms with Crippen LogP contribution in [0.25, 0.3) is 0 Å². The molecule has 4 heteroatoms. The summed E-state index contributed by atoms with van der Waals surface area (Å²) in [5, 5.41) is 2.43. The molecule has 0 unspecified atom stereocenters. The van der Waals surface area contributed by atoms with Crippen LogP contribution >= 0.6 is 11.6 Å². The van der Waals surface area contributed by atoms with Crippen molar-refractivity contribution in [3.63, 3.8) is 0 Å². The highest BCUT2D eigenvalue weighted by atomic mass is 35.5. The van der Waals surface area contributed by atoms with Crippen molar-refractivity contribution in [3.8, 4) is 0 Å². The largest absolute Gasteiger partial charge is 0.379 e. The fraction of sp³-hybridized carbons (Fsp3) is 0.667.